The summed E-state index contributed by atoms with van der Waals surface area (Å²) in [5.74, 6) is 0. The van der Waals surface area contributed by atoms with Gasteiger partial charge in [0.05, 0.1) is 5.71 Å². The lowest BCUT2D eigenvalue weighted by molar-refractivity contribution is 0.0529. The van der Waals surface area contributed by atoms with Gasteiger partial charge in [0.25, 0.3) is 0 Å². The first kappa shape index (κ1) is 16.5. The molecule has 0 radical (unpaired) electrons. The van der Waals surface area contributed by atoms with Crippen LogP contribution in [0.5, 0.6) is 0 Å². The SMILES string of the molecule is CC/C(=N/NC(=O)OC(C)(C)C)c1ccc2c(c1)CCCC2. The van der Waals surface area contributed by atoms with Gasteiger partial charge in [-0.3, -0.25) is 0 Å². The van der Waals surface area contributed by atoms with Gasteiger partial charge in [-0.25, -0.2) is 10.2 Å². The molecule has 22 heavy (non-hydrogen) atoms. The maximum Gasteiger partial charge on any atom is 0.428 e. The Bertz CT molecular complexity index is 571. The summed E-state index contributed by atoms with van der Waals surface area (Å²) in [5, 5.41) is 4.24. The molecule has 0 aliphatic heterocycles. The molecule has 0 bridgehead atoms. The third-order valence-corrected chi connectivity index (χ3v) is 3.70. The van der Waals surface area contributed by atoms with Gasteiger partial charge in [-0.1, -0.05) is 19.1 Å². The zero-order chi connectivity index (χ0) is 16.2. The van der Waals surface area contributed by atoms with E-state index in [1.54, 1.807) is 0 Å². The molecule has 1 aromatic rings. The van der Waals surface area contributed by atoms with E-state index in [4.69, 9.17) is 4.74 Å². The summed E-state index contributed by atoms with van der Waals surface area (Å²) in [5.41, 5.74) is 6.80. The van der Waals surface area contributed by atoms with Gasteiger partial charge in [0.15, 0.2) is 0 Å². The summed E-state index contributed by atoms with van der Waals surface area (Å²) in [7, 11) is 0. The first-order valence-electron chi connectivity index (χ1n) is 8.07. The summed E-state index contributed by atoms with van der Waals surface area (Å²) in [6.07, 6.45) is 5.09. The highest BCUT2D eigenvalue weighted by Gasteiger charge is 2.16. The Labute approximate surface area is 132 Å². The van der Waals surface area contributed by atoms with Crippen LogP contribution in [0.1, 0.15) is 63.6 Å². The number of hydrazone groups is 1. The highest BCUT2D eigenvalue weighted by molar-refractivity contribution is 6.01. The molecule has 4 nitrogen and oxygen atoms in total. The monoisotopic (exact) mass is 302 g/mol. The summed E-state index contributed by atoms with van der Waals surface area (Å²) in [6, 6.07) is 6.51. The topological polar surface area (TPSA) is 50.7 Å². The maximum atomic E-state index is 11.7. The zero-order valence-corrected chi connectivity index (χ0v) is 14.0. The van der Waals surface area contributed by atoms with E-state index >= 15 is 0 Å². The Morgan fingerprint density at radius 3 is 2.55 bits per heavy atom. The fourth-order valence-corrected chi connectivity index (χ4v) is 2.67. The van der Waals surface area contributed by atoms with Crippen molar-refractivity contribution < 1.29 is 9.53 Å². The number of carbonyl (C=O) groups excluding carboxylic acids is 1. The molecule has 0 unspecified atom stereocenters. The Kier molecular flexibility index (Phi) is 5.22. The molecule has 0 heterocycles. The largest absolute Gasteiger partial charge is 0.443 e. The van der Waals surface area contributed by atoms with Crippen LogP contribution in [0.4, 0.5) is 4.79 Å². The minimum Gasteiger partial charge on any atom is -0.443 e. The Balaban J connectivity index is 2.10. The molecular weight excluding hydrogens is 276 g/mol. The van der Waals surface area contributed by atoms with E-state index in [1.165, 1.54) is 30.4 Å². The molecule has 2 rings (SSSR count). The average Bonchev–Trinajstić information content (AvgIpc) is 2.46. The quantitative estimate of drug-likeness (QED) is 0.672. The van der Waals surface area contributed by atoms with Crippen molar-refractivity contribution in [2.75, 3.05) is 0 Å². The number of fused-ring (bicyclic) bond motifs is 1. The van der Waals surface area contributed by atoms with E-state index in [0.29, 0.717) is 0 Å². The number of rotatable bonds is 3. The minimum absolute atomic E-state index is 0.516. The third kappa shape index (κ3) is 4.58. The van der Waals surface area contributed by atoms with Crippen molar-refractivity contribution in [3.8, 4) is 0 Å². The molecular formula is C18H26N2O2. The van der Waals surface area contributed by atoms with Crippen LogP contribution in [0.25, 0.3) is 0 Å². The minimum atomic E-state index is -0.517. The van der Waals surface area contributed by atoms with Crippen LogP contribution in [-0.2, 0) is 17.6 Å². The summed E-state index contributed by atoms with van der Waals surface area (Å²) < 4.78 is 5.20. The summed E-state index contributed by atoms with van der Waals surface area (Å²) in [6.45, 7) is 7.54. The van der Waals surface area contributed by atoms with Crippen LogP contribution in [0.2, 0.25) is 0 Å². The third-order valence-electron chi connectivity index (χ3n) is 3.70. The van der Waals surface area contributed by atoms with Crippen LogP contribution in [0.3, 0.4) is 0 Å². The first-order chi connectivity index (χ1) is 10.4. The van der Waals surface area contributed by atoms with E-state index in [9.17, 15) is 4.79 Å². The van der Waals surface area contributed by atoms with Gasteiger partial charge in [-0.05, 0) is 75.6 Å². The molecule has 4 heteroatoms. The van der Waals surface area contributed by atoms with E-state index < -0.39 is 11.7 Å². The van der Waals surface area contributed by atoms with E-state index in [-0.39, 0.29) is 0 Å². The van der Waals surface area contributed by atoms with Gasteiger partial charge in [0.2, 0.25) is 0 Å². The van der Waals surface area contributed by atoms with Crippen LogP contribution in [0, 0.1) is 0 Å². The van der Waals surface area contributed by atoms with Gasteiger partial charge < -0.3 is 4.74 Å². The Hall–Kier alpha value is -1.84. The van der Waals surface area contributed by atoms with Crippen LogP contribution in [0.15, 0.2) is 23.3 Å². The molecule has 1 aliphatic rings. The fourth-order valence-electron chi connectivity index (χ4n) is 2.67. The van der Waals surface area contributed by atoms with E-state index in [2.05, 4.69) is 28.7 Å². The Morgan fingerprint density at radius 2 is 1.91 bits per heavy atom. The first-order valence-corrected chi connectivity index (χ1v) is 8.07. The van der Waals surface area contributed by atoms with Gasteiger partial charge in [0, 0.05) is 0 Å². The zero-order valence-electron chi connectivity index (χ0n) is 14.0. The van der Waals surface area contributed by atoms with Crippen LogP contribution >= 0.6 is 0 Å². The number of nitrogens with zero attached hydrogens (tertiary/aromatic N) is 1. The number of nitrogens with one attached hydrogen (secondary N) is 1. The lowest BCUT2D eigenvalue weighted by Crippen LogP contribution is -2.30. The van der Waals surface area contributed by atoms with Crippen molar-refractivity contribution in [3.63, 3.8) is 0 Å². The molecule has 1 aromatic carbocycles. The number of hydrogen-bond acceptors (Lipinski definition) is 3. The normalized spacial score (nSPS) is 15.2. The van der Waals surface area contributed by atoms with E-state index in [1.807, 2.05) is 27.7 Å². The second kappa shape index (κ2) is 6.95. The lowest BCUT2D eigenvalue weighted by Gasteiger charge is -2.19. The number of hydrogen-bond donors (Lipinski definition) is 1. The Morgan fingerprint density at radius 1 is 1.23 bits per heavy atom. The molecule has 1 aliphatic carbocycles. The van der Waals surface area contributed by atoms with E-state index in [0.717, 1.165) is 24.1 Å². The van der Waals surface area contributed by atoms with Gasteiger partial charge in [-0.15, -0.1) is 0 Å². The molecule has 0 saturated carbocycles. The van der Waals surface area contributed by atoms with Crippen LogP contribution < -0.4 is 5.43 Å². The molecule has 0 spiro atoms. The molecule has 0 atom stereocenters. The number of aryl methyl sites for hydroxylation is 2. The van der Waals surface area contributed by atoms with Crippen molar-refractivity contribution in [3.05, 3.63) is 34.9 Å². The van der Waals surface area contributed by atoms with Crippen molar-refractivity contribution in [1.29, 1.82) is 0 Å². The maximum absolute atomic E-state index is 11.7. The molecule has 0 saturated heterocycles. The molecule has 0 fully saturated rings. The average molecular weight is 302 g/mol. The van der Waals surface area contributed by atoms with Crippen molar-refractivity contribution in [2.45, 2.75) is 65.4 Å². The molecule has 1 N–H and O–H groups in total. The summed E-state index contributed by atoms with van der Waals surface area (Å²) in [4.78, 5) is 11.7. The highest BCUT2D eigenvalue weighted by atomic mass is 16.6. The number of benzene rings is 1. The number of carbonyl (C=O) groups is 1. The van der Waals surface area contributed by atoms with Gasteiger partial charge in [0.1, 0.15) is 5.60 Å². The molecule has 0 aromatic heterocycles. The molecule has 1 amide bonds. The smallest absolute Gasteiger partial charge is 0.428 e. The second-order valence-electron chi connectivity index (χ2n) is 6.72. The van der Waals surface area contributed by atoms with Crippen molar-refractivity contribution >= 4 is 11.8 Å². The second-order valence-corrected chi connectivity index (χ2v) is 6.72. The fraction of sp³-hybridized carbons (Fsp3) is 0.556. The van der Waals surface area contributed by atoms with Gasteiger partial charge >= 0.3 is 6.09 Å². The van der Waals surface area contributed by atoms with Crippen molar-refractivity contribution in [1.82, 2.24) is 5.43 Å². The number of ether oxygens (including phenoxy) is 1. The molecule has 120 valence electrons. The highest BCUT2D eigenvalue weighted by Crippen LogP contribution is 2.22. The predicted octanol–water partition coefficient (Wildman–Crippen LogP) is 4.20. The summed E-state index contributed by atoms with van der Waals surface area (Å²) >= 11 is 0. The van der Waals surface area contributed by atoms with Crippen molar-refractivity contribution in [2.24, 2.45) is 5.10 Å². The lowest BCUT2D eigenvalue weighted by atomic mass is 9.89. The predicted molar refractivity (Wildman–Crippen MR) is 89.3 cm³/mol. The van der Waals surface area contributed by atoms with Crippen LogP contribution in [-0.4, -0.2) is 17.4 Å². The number of amides is 1. The van der Waals surface area contributed by atoms with Gasteiger partial charge in [-0.2, -0.15) is 5.10 Å². The standard InChI is InChI=1S/C18H26N2O2/c1-5-16(19-20-17(21)22-18(2,3)4)15-11-10-13-8-6-7-9-14(13)12-15/h10-12H,5-9H2,1-4H3,(H,20,21)/b19-16-.